The number of hydrogen-bond donors (Lipinski definition) is 5. The summed E-state index contributed by atoms with van der Waals surface area (Å²) in [4.78, 5) is 24.8. The minimum atomic E-state index is -1.58. The highest BCUT2D eigenvalue weighted by Crippen LogP contribution is 2.26. The summed E-state index contributed by atoms with van der Waals surface area (Å²) in [5.74, 6) is -0.727. The van der Waals surface area contributed by atoms with E-state index >= 15 is 0 Å². The average Bonchev–Trinajstić information content (AvgIpc) is 2.80. The van der Waals surface area contributed by atoms with Gasteiger partial charge in [0.2, 0.25) is 5.91 Å². The highest BCUT2D eigenvalue weighted by molar-refractivity contribution is 5.82. The molecule has 11 heteroatoms. The van der Waals surface area contributed by atoms with Crippen LogP contribution in [-0.4, -0.2) is 97.0 Å². The van der Waals surface area contributed by atoms with Gasteiger partial charge in [0.05, 0.1) is 19.8 Å². The molecule has 0 saturated carbocycles. The standard InChI is InChI=1S/C20H36N2O9/c1-2-3-4-5-6-7-15(26)21-8-14-16-17(30-12-28-14)18(31-13-29-16)19(27)22-20(9-23,10-24)11-25/h14,16-18,23-25H,2-13H2,1H3,(H,21,26)(H,22,27)/t14-,16-,17+,18-/m1/s1. The van der Waals surface area contributed by atoms with Gasteiger partial charge in [0, 0.05) is 13.0 Å². The van der Waals surface area contributed by atoms with Crippen LogP contribution in [0.25, 0.3) is 0 Å². The number of fused-ring (bicyclic) bond motifs is 1. The molecule has 0 spiro atoms. The van der Waals surface area contributed by atoms with Crippen molar-refractivity contribution in [1.82, 2.24) is 10.6 Å². The van der Waals surface area contributed by atoms with Crippen molar-refractivity contribution >= 4 is 11.8 Å². The zero-order chi connectivity index (χ0) is 22.7. The van der Waals surface area contributed by atoms with Crippen molar-refractivity contribution in [2.45, 2.75) is 75.4 Å². The van der Waals surface area contributed by atoms with Crippen LogP contribution in [0.4, 0.5) is 0 Å². The van der Waals surface area contributed by atoms with Crippen LogP contribution < -0.4 is 10.6 Å². The first-order chi connectivity index (χ1) is 15.0. The molecule has 0 aromatic rings. The summed E-state index contributed by atoms with van der Waals surface area (Å²) in [5.41, 5.74) is -1.58. The van der Waals surface area contributed by atoms with Crippen molar-refractivity contribution in [3.8, 4) is 0 Å². The first kappa shape index (κ1) is 25.9. The van der Waals surface area contributed by atoms with Gasteiger partial charge in [-0.05, 0) is 6.42 Å². The second kappa shape index (κ2) is 13.3. The molecule has 2 aliphatic rings. The second-order valence-corrected chi connectivity index (χ2v) is 8.00. The Morgan fingerprint density at radius 1 is 0.903 bits per heavy atom. The molecule has 0 radical (unpaired) electrons. The van der Waals surface area contributed by atoms with Crippen LogP contribution in [0.3, 0.4) is 0 Å². The van der Waals surface area contributed by atoms with Crippen molar-refractivity contribution < 1.29 is 43.9 Å². The number of ether oxygens (including phenoxy) is 4. The summed E-state index contributed by atoms with van der Waals surface area (Å²) in [6.45, 7) is 0.0855. The monoisotopic (exact) mass is 448 g/mol. The van der Waals surface area contributed by atoms with Gasteiger partial charge >= 0.3 is 0 Å². The molecule has 2 saturated heterocycles. The number of nitrogens with one attached hydrogen (secondary N) is 2. The topological polar surface area (TPSA) is 156 Å². The molecule has 5 N–H and O–H groups in total. The number of amides is 2. The molecule has 0 aliphatic carbocycles. The maximum absolute atomic E-state index is 12.7. The summed E-state index contributed by atoms with van der Waals surface area (Å²) in [6, 6.07) is 0. The second-order valence-electron chi connectivity index (χ2n) is 8.00. The van der Waals surface area contributed by atoms with Crippen molar-refractivity contribution in [3.05, 3.63) is 0 Å². The molecular formula is C20H36N2O9. The molecule has 31 heavy (non-hydrogen) atoms. The van der Waals surface area contributed by atoms with E-state index in [0.29, 0.717) is 6.42 Å². The SMILES string of the molecule is CCCCCCCC(=O)NC[C@H]1OCO[C@H]2[C@@H]1OCO[C@H]2C(=O)NC(CO)(CO)CO. The number of aliphatic hydroxyl groups is 3. The van der Waals surface area contributed by atoms with Crippen LogP contribution in [0, 0.1) is 0 Å². The quantitative estimate of drug-likeness (QED) is 0.218. The molecule has 2 fully saturated rings. The highest BCUT2D eigenvalue weighted by Gasteiger charge is 2.48. The summed E-state index contributed by atoms with van der Waals surface area (Å²) in [5, 5.41) is 33.6. The maximum atomic E-state index is 12.7. The van der Waals surface area contributed by atoms with Crippen molar-refractivity contribution in [1.29, 1.82) is 0 Å². The van der Waals surface area contributed by atoms with Crippen LogP contribution in [0.5, 0.6) is 0 Å². The molecule has 0 aromatic heterocycles. The lowest BCUT2D eigenvalue weighted by Crippen LogP contribution is -2.66. The van der Waals surface area contributed by atoms with E-state index < -0.39 is 55.7 Å². The lowest BCUT2D eigenvalue weighted by atomic mass is 9.97. The fourth-order valence-corrected chi connectivity index (χ4v) is 3.55. The Morgan fingerprint density at radius 2 is 1.55 bits per heavy atom. The molecule has 11 nitrogen and oxygen atoms in total. The Kier molecular flexibility index (Phi) is 11.1. The maximum Gasteiger partial charge on any atom is 0.252 e. The molecule has 2 heterocycles. The Balaban J connectivity index is 1.87. The van der Waals surface area contributed by atoms with Crippen LogP contribution in [0.2, 0.25) is 0 Å². The van der Waals surface area contributed by atoms with Crippen molar-refractivity contribution in [2.24, 2.45) is 0 Å². The number of aliphatic hydroxyl groups excluding tert-OH is 3. The molecule has 180 valence electrons. The number of rotatable bonds is 13. The number of carbonyl (C=O) groups excluding carboxylic acids is 2. The predicted octanol–water partition coefficient (Wildman–Crippen LogP) is -1.22. The molecule has 2 aliphatic heterocycles. The van der Waals surface area contributed by atoms with Gasteiger partial charge in [0.25, 0.3) is 5.91 Å². The number of hydrogen-bond acceptors (Lipinski definition) is 9. The molecule has 0 unspecified atom stereocenters. The van der Waals surface area contributed by atoms with Gasteiger partial charge in [-0.1, -0.05) is 32.6 Å². The summed E-state index contributed by atoms with van der Waals surface area (Å²) >= 11 is 0. The third-order valence-corrected chi connectivity index (χ3v) is 5.60. The van der Waals surface area contributed by atoms with Crippen LogP contribution in [0.15, 0.2) is 0 Å². The first-order valence-electron chi connectivity index (χ1n) is 10.9. The van der Waals surface area contributed by atoms with Gasteiger partial charge in [-0.2, -0.15) is 0 Å². The lowest BCUT2D eigenvalue weighted by molar-refractivity contribution is -0.315. The van der Waals surface area contributed by atoms with Gasteiger partial charge in [-0.25, -0.2) is 0 Å². The van der Waals surface area contributed by atoms with Gasteiger partial charge in [-0.3, -0.25) is 9.59 Å². The lowest BCUT2D eigenvalue weighted by Gasteiger charge is -2.44. The first-order valence-corrected chi connectivity index (χ1v) is 10.9. The minimum Gasteiger partial charge on any atom is -0.394 e. The number of carbonyl (C=O) groups is 2. The summed E-state index contributed by atoms with van der Waals surface area (Å²) in [6.07, 6.45) is 2.66. The molecule has 0 aromatic carbocycles. The van der Waals surface area contributed by atoms with Gasteiger partial charge < -0.3 is 44.9 Å². The number of unbranched alkanes of at least 4 members (excludes halogenated alkanes) is 4. The van der Waals surface area contributed by atoms with E-state index in [9.17, 15) is 24.9 Å². The molecule has 2 rings (SSSR count). The predicted molar refractivity (Wildman–Crippen MR) is 108 cm³/mol. The average molecular weight is 449 g/mol. The highest BCUT2D eigenvalue weighted by atomic mass is 16.8. The largest absolute Gasteiger partial charge is 0.394 e. The van der Waals surface area contributed by atoms with Gasteiger partial charge in [-0.15, -0.1) is 0 Å². The fraction of sp³-hybridized carbons (Fsp3) is 0.900. The van der Waals surface area contributed by atoms with E-state index in [1.807, 2.05) is 0 Å². The van der Waals surface area contributed by atoms with Crippen molar-refractivity contribution in [2.75, 3.05) is 40.0 Å². The van der Waals surface area contributed by atoms with Gasteiger partial charge in [0.1, 0.15) is 37.4 Å². The van der Waals surface area contributed by atoms with Crippen molar-refractivity contribution in [3.63, 3.8) is 0 Å². The van der Waals surface area contributed by atoms with Crippen LogP contribution in [-0.2, 0) is 28.5 Å². The third kappa shape index (κ3) is 7.35. The van der Waals surface area contributed by atoms with E-state index in [1.165, 1.54) is 6.42 Å². The Morgan fingerprint density at radius 3 is 2.23 bits per heavy atom. The van der Waals surface area contributed by atoms with Crippen LogP contribution >= 0.6 is 0 Å². The van der Waals surface area contributed by atoms with E-state index in [0.717, 1.165) is 25.7 Å². The normalized spacial score (nSPS) is 26.2. The van der Waals surface area contributed by atoms with Gasteiger partial charge in [0.15, 0.2) is 6.10 Å². The molecule has 4 atom stereocenters. The van der Waals surface area contributed by atoms with E-state index in [4.69, 9.17) is 18.9 Å². The summed E-state index contributed by atoms with van der Waals surface area (Å²) in [7, 11) is 0. The Bertz CT molecular complexity index is 551. The fourth-order valence-electron chi connectivity index (χ4n) is 3.55. The van der Waals surface area contributed by atoms with E-state index in [2.05, 4.69) is 17.6 Å². The summed E-state index contributed by atoms with van der Waals surface area (Å²) < 4.78 is 22.1. The molecule has 2 amide bonds. The van der Waals surface area contributed by atoms with E-state index in [1.54, 1.807) is 0 Å². The molecule has 0 bridgehead atoms. The Labute approximate surface area is 182 Å². The smallest absolute Gasteiger partial charge is 0.252 e. The third-order valence-electron chi connectivity index (χ3n) is 5.60. The Hall–Kier alpha value is -1.34. The zero-order valence-electron chi connectivity index (χ0n) is 18.1. The molecular weight excluding hydrogens is 412 g/mol. The zero-order valence-corrected chi connectivity index (χ0v) is 18.1. The van der Waals surface area contributed by atoms with E-state index in [-0.39, 0.29) is 26.0 Å². The minimum absolute atomic E-state index is 0.0666. The van der Waals surface area contributed by atoms with Crippen LogP contribution in [0.1, 0.15) is 45.4 Å².